The standard InChI is InChI=1S/C25H32FNO/c1-17(2)8-6-9-18(3)10-7-11-19(4)12-14-22-20(5)27-24-15-13-21(26)16-23(24)25(22)28/h8,10,12-13,15-16H,6-7,9,11,14H2,1-5H3,(H,27,28)/b18-10+,19-12+. The molecule has 0 radical (unpaired) electrons. The fourth-order valence-corrected chi connectivity index (χ4v) is 3.28. The lowest BCUT2D eigenvalue weighted by Crippen LogP contribution is -2.13. The molecule has 0 aliphatic heterocycles. The molecule has 0 unspecified atom stereocenters. The second-order valence-electron chi connectivity index (χ2n) is 7.91. The Morgan fingerprint density at radius 2 is 1.64 bits per heavy atom. The maximum Gasteiger partial charge on any atom is 0.193 e. The zero-order valence-corrected chi connectivity index (χ0v) is 17.8. The van der Waals surface area contributed by atoms with E-state index in [1.807, 2.05) is 6.92 Å². The van der Waals surface area contributed by atoms with Crippen molar-refractivity contribution in [1.82, 2.24) is 4.98 Å². The van der Waals surface area contributed by atoms with E-state index in [1.54, 1.807) is 6.07 Å². The van der Waals surface area contributed by atoms with Gasteiger partial charge in [0.1, 0.15) is 5.82 Å². The fourth-order valence-electron chi connectivity index (χ4n) is 3.28. The Balaban J connectivity index is 2.01. The van der Waals surface area contributed by atoms with Crippen LogP contribution in [0.3, 0.4) is 0 Å². The van der Waals surface area contributed by atoms with Crippen molar-refractivity contribution >= 4 is 10.9 Å². The molecule has 2 nitrogen and oxygen atoms in total. The van der Waals surface area contributed by atoms with E-state index in [2.05, 4.69) is 50.9 Å². The smallest absolute Gasteiger partial charge is 0.193 e. The van der Waals surface area contributed by atoms with Crippen molar-refractivity contribution in [3.8, 4) is 0 Å². The van der Waals surface area contributed by atoms with Gasteiger partial charge in [-0.15, -0.1) is 0 Å². The summed E-state index contributed by atoms with van der Waals surface area (Å²) < 4.78 is 13.5. The van der Waals surface area contributed by atoms with Crippen molar-refractivity contribution in [2.75, 3.05) is 0 Å². The molecule has 0 bridgehead atoms. The lowest BCUT2D eigenvalue weighted by atomic mass is 10.0. The molecule has 0 amide bonds. The van der Waals surface area contributed by atoms with E-state index in [0.29, 0.717) is 22.9 Å². The van der Waals surface area contributed by atoms with E-state index < -0.39 is 0 Å². The van der Waals surface area contributed by atoms with Crippen LogP contribution in [0, 0.1) is 12.7 Å². The molecular formula is C25H32FNO. The van der Waals surface area contributed by atoms with Gasteiger partial charge in [0, 0.05) is 22.2 Å². The van der Waals surface area contributed by atoms with Crippen LogP contribution < -0.4 is 5.43 Å². The van der Waals surface area contributed by atoms with Gasteiger partial charge in [0.15, 0.2) is 5.43 Å². The molecule has 1 heterocycles. The van der Waals surface area contributed by atoms with Crippen LogP contribution in [0.4, 0.5) is 4.39 Å². The molecule has 28 heavy (non-hydrogen) atoms. The maximum atomic E-state index is 13.5. The second-order valence-corrected chi connectivity index (χ2v) is 7.91. The van der Waals surface area contributed by atoms with E-state index in [0.717, 1.165) is 31.4 Å². The quantitative estimate of drug-likeness (QED) is 0.494. The van der Waals surface area contributed by atoms with Gasteiger partial charge in [-0.3, -0.25) is 4.79 Å². The number of allylic oxidation sites excluding steroid dienone is 6. The zero-order valence-electron chi connectivity index (χ0n) is 17.8. The van der Waals surface area contributed by atoms with Crippen LogP contribution in [0.2, 0.25) is 0 Å². The normalized spacial score (nSPS) is 12.5. The molecule has 0 atom stereocenters. The highest BCUT2D eigenvalue weighted by molar-refractivity contribution is 5.79. The van der Waals surface area contributed by atoms with Gasteiger partial charge in [-0.25, -0.2) is 4.39 Å². The molecule has 0 fully saturated rings. The Bertz CT molecular complexity index is 972. The van der Waals surface area contributed by atoms with Crippen molar-refractivity contribution in [2.24, 2.45) is 0 Å². The predicted molar refractivity (Wildman–Crippen MR) is 118 cm³/mol. The number of H-pyrrole nitrogens is 1. The molecule has 2 rings (SSSR count). The number of aromatic amines is 1. The van der Waals surface area contributed by atoms with E-state index in [9.17, 15) is 9.18 Å². The Kier molecular flexibility index (Phi) is 7.98. The van der Waals surface area contributed by atoms with Crippen LogP contribution in [-0.4, -0.2) is 4.98 Å². The molecule has 1 aromatic heterocycles. The first-order valence-corrected chi connectivity index (χ1v) is 10.0. The number of hydrogen-bond donors (Lipinski definition) is 1. The number of aryl methyl sites for hydroxylation is 1. The van der Waals surface area contributed by atoms with Gasteiger partial charge in [-0.05, 0) is 84.9 Å². The lowest BCUT2D eigenvalue weighted by Gasteiger charge is -2.07. The third-order valence-corrected chi connectivity index (χ3v) is 5.05. The van der Waals surface area contributed by atoms with Gasteiger partial charge in [-0.2, -0.15) is 0 Å². The second kappa shape index (κ2) is 10.2. The predicted octanol–water partition coefficient (Wildman–Crippen LogP) is 6.94. The number of hydrogen-bond acceptors (Lipinski definition) is 1. The summed E-state index contributed by atoms with van der Waals surface area (Å²) >= 11 is 0. The average molecular weight is 382 g/mol. The highest BCUT2D eigenvalue weighted by atomic mass is 19.1. The van der Waals surface area contributed by atoms with Crippen LogP contribution in [0.5, 0.6) is 0 Å². The fraction of sp³-hybridized carbons (Fsp3) is 0.400. The van der Waals surface area contributed by atoms with E-state index in [4.69, 9.17) is 0 Å². The summed E-state index contributed by atoms with van der Waals surface area (Å²) in [6.07, 6.45) is 11.5. The number of pyridine rings is 1. The molecule has 0 saturated heterocycles. The number of aromatic nitrogens is 1. The van der Waals surface area contributed by atoms with Crippen LogP contribution in [0.1, 0.15) is 64.6 Å². The van der Waals surface area contributed by atoms with Crippen LogP contribution in [0.15, 0.2) is 57.9 Å². The minimum atomic E-state index is -0.383. The minimum Gasteiger partial charge on any atom is -0.358 e. The summed E-state index contributed by atoms with van der Waals surface area (Å²) in [6, 6.07) is 4.31. The third-order valence-electron chi connectivity index (χ3n) is 5.05. The number of halogens is 1. The summed E-state index contributed by atoms with van der Waals surface area (Å²) in [5, 5.41) is 0.418. The zero-order chi connectivity index (χ0) is 20.7. The summed E-state index contributed by atoms with van der Waals surface area (Å²) in [6.45, 7) is 10.5. The first kappa shape index (κ1) is 21.9. The topological polar surface area (TPSA) is 32.9 Å². The van der Waals surface area contributed by atoms with Crippen molar-refractivity contribution in [1.29, 1.82) is 0 Å². The Hall–Kier alpha value is -2.42. The minimum absolute atomic E-state index is 0.0789. The average Bonchev–Trinajstić information content (AvgIpc) is 2.62. The van der Waals surface area contributed by atoms with Gasteiger partial charge in [-0.1, -0.05) is 34.9 Å². The number of benzene rings is 1. The van der Waals surface area contributed by atoms with Crippen molar-refractivity contribution < 1.29 is 4.39 Å². The molecule has 150 valence electrons. The van der Waals surface area contributed by atoms with Gasteiger partial charge >= 0.3 is 0 Å². The molecule has 0 saturated carbocycles. The van der Waals surface area contributed by atoms with Gasteiger partial charge < -0.3 is 4.98 Å². The van der Waals surface area contributed by atoms with Gasteiger partial charge in [0.2, 0.25) is 0 Å². The first-order valence-electron chi connectivity index (χ1n) is 10.0. The monoisotopic (exact) mass is 381 g/mol. The van der Waals surface area contributed by atoms with Crippen LogP contribution >= 0.6 is 0 Å². The number of nitrogens with one attached hydrogen (secondary N) is 1. The van der Waals surface area contributed by atoms with E-state index in [-0.39, 0.29) is 11.2 Å². The summed E-state index contributed by atoms with van der Waals surface area (Å²) in [5.41, 5.74) is 6.23. The molecule has 1 aromatic carbocycles. The van der Waals surface area contributed by atoms with Crippen molar-refractivity contribution in [3.63, 3.8) is 0 Å². The Labute approximate surface area is 167 Å². The van der Waals surface area contributed by atoms with Gasteiger partial charge in [0.25, 0.3) is 0 Å². The summed E-state index contributed by atoms with van der Waals surface area (Å²) in [4.78, 5) is 16.0. The molecule has 0 aliphatic rings. The molecule has 0 spiro atoms. The van der Waals surface area contributed by atoms with E-state index >= 15 is 0 Å². The largest absolute Gasteiger partial charge is 0.358 e. The number of fused-ring (bicyclic) bond motifs is 1. The molecule has 0 aliphatic carbocycles. The molecule has 3 heteroatoms. The highest BCUT2D eigenvalue weighted by Gasteiger charge is 2.09. The molecule has 2 aromatic rings. The van der Waals surface area contributed by atoms with Crippen molar-refractivity contribution in [2.45, 2.75) is 66.7 Å². The molecular weight excluding hydrogens is 349 g/mol. The van der Waals surface area contributed by atoms with Crippen molar-refractivity contribution in [3.05, 3.63) is 80.4 Å². The van der Waals surface area contributed by atoms with Gasteiger partial charge in [0.05, 0.1) is 0 Å². The van der Waals surface area contributed by atoms with E-state index in [1.165, 1.54) is 28.9 Å². The third kappa shape index (κ3) is 6.33. The maximum absolute atomic E-state index is 13.5. The van der Waals surface area contributed by atoms with Crippen LogP contribution in [0.25, 0.3) is 10.9 Å². The van der Waals surface area contributed by atoms with Crippen LogP contribution in [-0.2, 0) is 6.42 Å². The summed E-state index contributed by atoms with van der Waals surface area (Å²) in [5.74, 6) is -0.383. The molecule has 1 N–H and O–H groups in total. The lowest BCUT2D eigenvalue weighted by molar-refractivity contribution is 0.629. The first-order chi connectivity index (χ1) is 13.3. The number of rotatable bonds is 8. The SMILES string of the molecule is CC(C)=CCC/C(C)=C/CC/C(C)=C/Cc1c(C)[nH]c2ccc(F)cc2c1=O. The Morgan fingerprint density at radius 1 is 1.00 bits per heavy atom. The Morgan fingerprint density at radius 3 is 2.32 bits per heavy atom. The highest BCUT2D eigenvalue weighted by Crippen LogP contribution is 2.15. The summed E-state index contributed by atoms with van der Waals surface area (Å²) in [7, 11) is 0.